The summed E-state index contributed by atoms with van der Waals surface area (Å²) in [7, 11) is 4.23. The van der Waals surface area contributed by atoms with Gasteiger partial charge in [-0.15, -0.1) is 0 Å². The number of fused-ring (bicyclic) bond motifs is 3. The first-order valence-electron chi connectivity index (χ1n) is 25.1. The van der Waals surface area contributed by atoms with Gasteiger partial charge in [-0.2, -0.15) is 30.5 Å². The number of anilines is 3. The number of piperazine rings is 2. The summed E-state index contributed by atoms with van der Waals surface area (Å²) in [5, 5.41) is 25.9. The number of hydrogen-bond donors (Lipinski definition) is 1. The van der Waals surface area contributed by atoms with Crippen LogP contribution in [0.1, 0.15) is 66.6 Å². The van der Waals surface area contributed by atoms with E-state index in [1.54, 1.807) is 0 Å². The van der Waals surface area contributed by atoms with E-state index >= 15 is 0 Å². The Morgan fingerprint density at radius 2 is 1.26 bits per heavy atom. The van der Waals surface area contributed by atoms with Gasteiger partial charge in [-0.1, -0.05) is 30.3 Å². The van der Waals surface area contributed by atoms with E-state index in [1.807, 2.05) is 0 Å². The molecule has 70 heavy (non-hydrogen) atoms. The Hall–Kier alpha value is -6.54. The highest BCUT2D eigenvalue weighted by molar-refractivity contribution is 5.97. The molecule has 2 aromatic heterocycles. The Morgan fingerprint density at radius 1 is 0.686 bits per heavy atom. The fourth-order valence-corrected chi connectivity index (χ4v) is 11.4. The van der Waals surface area contributed by atoms with Gasteiger partial charge in [0.25, 0.3) is 0 Å². The average molecular weight is 953 g/mol. The number of hydrogen-bond acceptors (Lipinski definition) is 17. The number of aromatic nitrogens is 4. The third kappa shape index (κ3) is 9.79. The van der Waals surface area contributed by atoms with E-state index in [4.69, 9.17) is 34.1 Å². The largest absolute Gasteiger partial charge is 0.462 e. The highest BCUT2D eigenvalue weighted by Gasteiger charge is 2.39. The fraction of sp³-hybridized carbons (Fsp3) is 0.569. The molecular weight excluding hydrogens is 889 g/mol. The van der Waals surface area contributed by atoms with Crippen LogP contribution in [0.2, 0.25) is 0 Å². The number of carbonyl (C=O) groups excluding carboxylic acids is 2. The molecule has 4 fully saturated rings. The van der Waals surface area contributed by atoms with Crippen LogP contribution in [0.25, 0.3) is 10.8 Å². The van der Waals surface area contributed by atoms with Crippen molar-refractivity contribution in [3.8, 4) is 24.2 Å². The maximum atomic E-state index is 14.1. The first-order chi connectivity index (χ1) is 34.1. The van der Waals surface area contributed by atoms with E-state index in [0.717, 1.165) is 98.1 Å². The van der Waals surface area contributed by atoms with Gasteiger partial charge in [0, 0.05) is 86.6 Å². The molecule has 0 unspecified atom stereocenters. The molecular formula is C51H64N14O5. The molecule has 0 radical (unpaired) electrons. The van der Waals surface area contributed by atoms with E-state index in [0.29, 0.717) is 77.0 Å². The summed E-state index contributed by atoms with van der Waals surface area (Å²) in [6, 6.07) is 17.4. The van der Waals surface area contributed by atoms with Crippen molar-refractivity contribution in [2.45, 2.75) is 95.5 Å². The number of nitrogens with one attached hydrogen (secondary N) is 1. The second kappa shape index (κ2) is 20.8. The van der Waals surface area contributed by atoms with Crippen LogP contribution in [0.5, 0.6) is 12.0 Å². The molecule has 6 aliphatic rings. The van der Waals surface area contributed by atoms with E-state index in [2.05, 4.69) is 99.4 Å². The third-order valence-corrected chi connectivity index (χ3v) is 15.4. The zero-order chi connectivity index (χ0) is 48.3. The predicted octanol–water partition coefficient (Wildman–Crippen LogP) is 4.65. The summed E-state index contributed by atoms with van der Waals surface area (Å²) in [4.78, 5) is 62.1. The van der Waals surface area contributed by atoms with Crippen molar-refractivity contribution in [3.05, 3.63) is 64.5 Å². The maximum Gasteiger partial charge on any atom is 0.419 e. The molecule has 0 aliphatic carbocycles. The zero-order valence-corrected chi connectivity index (χ0v) is 40.7. The summed E-state index contributed by atoms with van der Waals surface area (Å²) in [5.74, 6) is 1.51. The summed E-state index contributed by atoms with van der Waals surface area (Å²) in [5.41, 5.74) is 6.23. The molecule has 0 bridgehead atoms. The van der Waals surface area contributed by atoms with Crippen LogP contribution in [0.3, 0.4) is 0 Å². The number of benzene rings is 2. The predicted molar refractivity (Wildman–Crippen MR) is 263 cm³/mol. The minimum Gasteiger partial charge on any atom is -0.462 e. The molecule has 2 amide bonds. The normalized spacial score (nSPS) is 22.9. The summed E-state index contributed by atoms with van der Waals surface area (Å²) < 4.78 is 18.3. The van der Waals surface area contributed by atoms with Gasteiger partial charge in [0.15, 0.2) is 0 Å². The van der Waals surface area contributed by atoms with Crippen molar-refractivity contribution in [3.63, 3.8) is 0 Å². The Balaban J connectivity index is 0.837. The summed E-state index contributed by atoms with van der Waals surface area (Å²) in [6.45, 7) is 9.75. The van der Waals surface area contributed by atoms with Crippen molar-refractivity contribution in [1.29, 1.82) is 10.5 Å². The van der Waals surface area contributed by atoms with Gasteiger partial charge in [0.2, 0.25) is 0 Å². The number of ether oxygens (including phenoxy) is 3. The standard InChI is InChI=1S/C51H64N14O5/c1-34-8-4-9-35-10-5-13-44(45(34)35)61-23-17-41-43(31-61)56-49(69-33-39-12-7-22-60(39)3)58-47(41)63-25-27-65(37(30-63)15-19-53)51(67)70-50(66)64-26-24-62(29-36(64)14-18-52)46-40-16-20-54-28-42(40)55-48(57-46)68-32-38-11-6-21-59(38)2/h4-5,8-10,13,36-39,54H,6-7,11-12,14-17,20-33H2,1-3H3/t36-,37-,38-,39-/m0/s1. The molecule has 19 nitrogen and oxygen atoms in total. The van der Waals surface area contributed by atoms with E-state index in [1.165, 1.54) is 26.1 Å². The Labute approximate surface area is 409 Å². The number of nitriles is 2. The minimum absolute atomic E-state index is 0.0240. The van der Waals surface area contributed by atoms with E-state index in [9.17, 15) is 20.1 Å². The highest BCUT2D eigenvalue weighted by Crippen LogP contribution is 2.37. The van der Waals surface area contributed by atoms with E-state index in [-0.39, 0.29) is 32.0 Å². The topological polar surface area (TPSA) is 196 Å². The molecule has 6 aliphatic heterocycles. The van der Waals surface area contributed by atoms with Gasteiger partial charge in [-0.3, -0.25) is 0 Å². The molecule has 4 atom stereocenters. The second-order valence-electron chi connectivity index (χ2n) is 19.7. The van der Waals surface area contributed by atoms with Crippen LogP contribution in [-0.2, 0) is 30.7 Å². The number of amides is 2. The number of likely N-dealkylation sites (N-methyl/N-ethyl adjacent to an activating group) is 2. The van der Waals surface area contributed by atoms with Gasteiger partial charge in [-0.05, 0) is 96.2 Å². The SMILES string of the molecule is Cc1cccc2cccc(N3CCc4c(nc(OC[C@@H]5CCCN5C)nc4N4CCN(C(=O)OC(=O)N5CCN(c6nc(OC[C@@H]7CCCN7C)nc7c6CCNC7)C[C@@H]5CC#N)[C@@H](CC#N)C4)C3)c12. The molecule has 368 valence electrons. The molecule has 8 heterocycles. The minimum atomic E-state index is -0.814. The Kier molecular flexibility index (Phi) is 14.0. The van der Waals surface area contributed by atoms with Crippen LogP contribution < -0.4 is 29.5 Å². The lowest BCUT2D eigenvalue weighted by molar-refractivity contribution is 0.0700. The van der Waals surface area contributed by atoms with Gasteiger partial charge >= 0.3 is 24.2 Å². The Morgan fingerprint density at radius 3 is 1.83 bits per heavy atom. The smallest absolute Gasteiger partial charge is 0.419 e. The molecule has 4 aromatic rings. The third-order valence-electron chi connectivity index (χ3n) is 15.4. The van der Waals surface area contributed by atoms with Gasteiger partial charge < -0.3 is 53.8 Å². The zero-order valence-electron chi connectivity index (χ0n) is 40.7. The number of rotatable bonds is 11. The van der Waals surface area contributed by atoms with Gasteiger partial charge in [0.1, 0.15) is 24.8 Å². The lowest BCUT2D eigenvalue weighted by atomic mass is 9.99. The van der Waals surface area contributed by atoms with Crippen LogP contribution in [0.15, 0.2) is 36.4 Å². The van der Waals surface area contributed by atoms with Crippen LogP contribution in [0.4, 0.5) is 26.9 Å². The number of carbonyl (C=O) groups is 2. The average Bonchev–Trinajstić information content (AvgIpc) is 4.00. The van der Waals surface area contributed by atoms with Crippen LogP contribution in [-0.4, -0.2) is 169 Å². The highest BCUT2D eigenvalue weighted by atomic mass is 16.6. The molecule has 10 rings (SSSR count). The van der Waals surface area contributed by atoms with Crippen molar-refractivity contribution in [1.82, 2.24) is 44.9 Å². The van der Waals surface area contributed by atoms with Crippen molar-refractivity contribution in [2.75, 3.05) is 107 Å². The maximum absolute atomic E-state index is 14.1. The lowest BCUT2D eigenvalue weighted by Gasteiger charge is -2.43. The first-order valence-corrected chi connectivity index (χ1v) is 25.1. The van der Waals surface area contributed by atoms with Crippen molar-refractivity contribution >= 4 is 40.3 Å². The molecule has 0 saturated carbocycles. The van der Waals surface area contributed by atoms with Crippen molar-refractivity contribution in [2.24, 2.45) is 0 Å². The quantitative estimate of drug-likeness (QED) is 0.204. The van der Waals surface area contributed by atoms with Gasteiger partial charge in [-0.25, -0.2) is 9.59 Å². The molecule has 0 spiro atoms. The Bertz CT molecular complexity index is 2670. The number of likely N-dealkylation sites (tertiary alicyclic amines) is 2. The summed E-state index contributed by atoms with van der Waals surface area (Å²) >= 11 is 0. The first kappa shape index (κ1) is 47.2. The molecule has 2 aromatic carbocycles. The molecule has 1 N–H and O–H groups in total. The van der Waals surface area contributed by atoms with E-state index < -0.39 is 24.3 Å². The fourth-order valence-electron chi connectivity index (χ4n) is 11.4. The van der Waals surface area contributed by atoms with Crippen LogP contribution >= 0.6 is 0 Å². The van der Waals surface area contributed by atoms with Gasteiger partial charge in [0.05, 0.1) is 55.0 Å². The molecule has 19 heteroatoms. The number of nitrogens with zero attached hydrogens (tertiary/aromatic N) is 13. The summed E-state index contributed by atoms with van der Waals surface area (Å²) in [6.07, 6.45) is 4.23. The van der Waals surface area contributed by atoms with Crippen molar-refractivity contribution < 1.29 is 23.8 Å². The number of aryl methyl sites for hydroxylation is 1. The molecule has 4 saturated heterocycles. The second-order valence-corrected chi connectivity index (χ2v) is 19.7. The monoisotopic (exact) mass is 953 g/mol. The lowest BCUT2D eigenvalue weighted by Crippen LogP contribution is -2.58. The van der Waals surface area contributed by atoms with Crippen LogP contribution in [0, 0.1) is 29.6 Å².